The van der Waals surface area contributed by atoms with Gasteiger partial charge in [0.25, 0.3) is 5.91 Å². The molecule has 0 saturated carbocycles. The molecule has 2 aromatic rings. The SMILES string of the molecule is O=C(O)Cc1ccccc1NC(=O)c1cc(Cl)nnc1Cl. The third-order valence-corrected chi connectivity index (χ3v) is 3.03. The molecule has 108 valence electrons. The molecule has 0 atom stereocenters. The zero-order valence-electron chi connectivity index (χ0n) is 10.5. The Kier molecular flexibility index (Phi) is 4.72. The van der Waals surface area contributed by atoms with Crippen LogP contribution >= 0.6 is 23.2 Å². The predicted octanol–water partition coefficient (Wildman–Crippen LogP) is 2.66. The van der Waals surface area contributed by atoms with E-state index in [9.17, 15) is 9.59 Å². The van der Waals surface area contributed by atoms with Gasteiger partial charge in [0.05, 0.1) is 12.0 Å². The summed E-state index contributed by atoms with van der Waals surface area (Å²) >= 11 is 11.5. The van der Waals surface area contributed by atoms with Crippen LogP contribution in [0.5, 0.6) is 0 Å². The van der Waals surface area contributed by atoms with E-state index in [4.69, 9.17) is 28.3 Å². The quantitative estimate of drug-likeness (QED) is 0.901. The highest BCUT2D eigenvalue weighted by Gasteiger charge is 2.15. The average Bonchev–Trinajstić information content (AvgIpc) is 2.43. The van der Waals surface area contributed by atoms with Gasteiger partial charge < -0.3 is 10.4 Å². The summed E-state index contributed by atoms with van der Waals surface area (Å²) in [7, 11) is 0. The lowest BCUT2D eigenvalue weighted by Crippen LogP contribution is -2.15. The molecule has 1 aromatic carbocycles. The summed E-state index contributed by atoms with van der Waals surface area (Å²) in [6.07, 6.45) is -0.209. The maximum Gasteiger partial charge on any atom is 0.307 e. The summed E-state index contributed by atoms with van der Waals surface area (Å²) in [6, 6.07) is 7.86. The summed E-state index contributed by atoms with van der Waals surface area (Å²) in [4.78, 5) is 23.0. The Balaban J connectivity index is 2.27. The molecule has 8 heteroatoms. The van der Waals surface area contributed by atoms with Gasteiger partial charge >= 0.3 is 5.97 Å². The number of nitrogens with zero attached hydrogens (tertiary/aromatic N) is 2. The molecule has 0 unspecified atom stereocenters. The Labute approximate surface area is 129 Å². The second-order valence-corrected chi connectivity index (χ2v) is 4.80. The zero-order valence-corrected chi connectivity index (χ0v) is 12.0. The molecule has 1 heterocycles. The minimum atomic E-state index is -0.997. The number of aromatic nitrogens is 2. The fourth-order valence-electron chi connectivity index (χ4n) is 1.66. The molecule has 21 heavy (non-hydrogen) atoms. The number of nitrogens with one attached hydrogen (secondary N) is 1. The predicted molar refractivity (Wildman–Crippen MR) is 77.8 cm³/mol. The number of aliphatic carboxylic acids is 1. The number of carboxylic acid groups (broad SMARTS) is 1. The molecule has 0 aliphatic carbocycles. The fraction of sp³-hybridized carbons (Fsp3) is 0.0769. The maximum atomic E-state index is 12.2. The van der Waals surface area contributed by atoms with Crippen LogP contribution in [0.4, 0.5) is 5.69 Å². The first-order valence-electron chi connectivity index (χ1n) is 5.77. The van der Waals surface area contributed by atoms with Gasteiger partial charge in [-0.3, -0.25) is 9.59 Å². The minimum absolute atomic E-state index is 0.0309. The van der Waals surface area contributed by atoms with Crippen LogP contribution in [-0.2, 0) is 11.2 Å². The topological polar surface area (TPSA) is 92.2 Å². The molecule has 0 radical (unpaired) electrons. The molecule has 0 aliphatic heterocycles. The second-order valence-electron chi connectivity index (χ2n) is 4.05. The summed E-state index contributed by atoms with van der Waals surface area (Å²) in [6.45, 7) is 0. The van der Waals surface area contributed by atoms with E-state index in [1.165, 1.54) is 6.07 Å². The number of hydrogen-bond donors (Lipinski definition) is 2. The van der Waals surface area contributed by atoms with E-state index in [1.54, 1.807) is 24.3 Å². The molecule has 0 bridgehead atoms. The first kappa shape index (κ1) is 15.2. The van der Waals surface area contributed by atoms with Crippen LogP contribution in [0, 0.1) is 0 Å². The molecule has 1 amide bonds. The van der Waals surface area contributed by atoms with Crippen LogP contribution < -0.4 is 5.32 Å². The van der Waals surface area contributed by atoms with E-state index in [2.05, 4.69) is 15.5 Å². The molecular formula is C13H9Cl2N3O3. The van der Waals surface area contributed by atoms with E-state index in [0.29, 0.717) is 11.3 Å². The smallest absolute Gasteiger partial charge is 0.307 e. The van der Waals surface area contributed by atoms with Gasteiger partial charge in [-0.2, -0.15) is 0 Å². The number of rotatable bonds is 4. The Hall–Kier alpha value is -2.18. The fourth-order valence-corrected chi connectivity index (χ4v) is 1.99. The molecule has 2 rings (SSSR count). The van der Waals surface area contributed by atoms with Gasteiger partial charge in [0.1, 0.15) is 0 Å². The standard InChI is InChI=1S/C13H9Cl2N3O3/c14-10-6-8(12(15)18-17-10)13(21)16-9-4-2-1-3-7(9)5-11(19)20/h1-4,6H,5H2,(H,16,21)(H,19,20). The van der Waals surface area contributed by atoms with Crippen molar-refractivity contribution in [1.82, 2.24) is 10.2 Å². The minimum Gasteiger partial charge on any atom is -0.481 e. The lowest BCUT2D eigenvalue weighted by molar-refractivity contribution is -0.136. The first-order valence-corrected chi connectivity index (χ1v) is 6.52. The molecular weight excluding hydrogens is 317 g/mol. The largest absolute Gasteiger partial charge is 0.481 e. The van der Waals surface area contributed by atoms with Gasteiger partial charge in [0.15, 0.2) is 10.3 Å². The molecule has 0 fully saturated rings. The highest BCUT2D eigenvalue weighted by molar-refractivity contribution is 6.34. The first-order chi connectivity index (χ1) is 9.97. The Morgan fingerprint density at radius 1 is 1.19 bits per heavy atom. The van der Waals surface area contributed by atoms with Crippen molar-refractivity contribution >= 4 is 40.8 Å². The summed E-state index contributed by atoms with van der Waals surface area (Å²) in [5.74, 6) is -1.54. The number of anilines is 1. The third kappa shape index (κ3) is 3.90. The van der Waals surface area contributed by atoms with Crippen molar-refractivity contribution in [2.45, 2.75) is 6.42 Å². The van der Waals surface area contributed by atoms with Gasteiger partial charge in [-0.25, -0.2) is 0 Å². The van der Waals surface area contributed by atoms with Gasteiger partial charge in [0, 0.05) is 5.69 Å². The summed E-state index contributed by atoms with van der Waals surface area (Å²) < 4.78 is 0. The normalized spacial score (nSPS) is 10.2. The van der Waals surface area contributed by atoms with Gasteiger partial charge in [-0.05, 0) is 17.7 Å². The number of para-hydroxylation sites is 1. The van der Waals surface area contributed by atoms with Crippen molar-refractivity contribution in [3.63, 3.8) is 0 Å². The number of halogens is 2. The van der Waals surface area contributed by atoms with Crippen molar-refractivity contribution in [3.05, 3.63) is 51.8 Å². The number of amides is 1. The van der Waals surface area contributed by atoms with Crippen LogP contribution in [-0.4, -0.2) is 27.2 Å². The molecule has 2 N–H and O–H groups in total. The van der Waals surface area contributed by atoms with Gasteiger partial charge in [0.2, 0.25) is 0 Å². The summed E-state index contributed by atoms with van der Waals surface area (Å²) in [5.41, 5.74) is 0.915. The Morgan fingerprint density at radius 2 is 1.90 bits per heavy atom. The van der Waals surface area contributed by atoms with Gasteiger partial charge in [-0.15, -0.1) is 10.2 Å². The molecule has 6 nitrogen and oxygen atoms in total. The number of carboxylic acids is 1. The monoisotopic (exact) mass is 325 g/mol. The van der Waals surface area contributed by atoms with Crippen molar-refractivity contribution in [1.29, 1.82) is 0 Å². The number of benzene rings is 1. The lowest BCUT2D eigenvalue weighted by atomic mass is 10.1. The van der Waals surface area contributed by atoms with Crippen molar-refractivity contribution < 1.29 is 14.7 Å². The highest BCUT2D eigenvalue weighted by atomic mass is 35.5. The number of carbonyl (C=O) groups is 2. The lowest BCUT2D eigenvalue weighted by Gasteiger charge is -2.10. The van der Waals surface area contributed by atoms with Crippen LogP contribution in [0.2, 0.25) is 10.3 Å². The van der Waals surface area contributed by atoms with E-state index < -0.39 is 11.9 Å². The molecule has 1 aromatic heterocycles. The van der Waals surface area contributed by atoms with Crippen LogP contribution in [0.1, 0.15) is 15.9 Å². The van der Waals surface area contributed by atoms with E-state index in [1.807, 2.05) is 0 Å². The van der Waals surface area contributed by atoms with Crippen LogP contribution in [0.25, 0.3) is 0 Å². The Bertz CT molecular complexity index is 707. The highest BCUT2D eigenvalue weighted by Crippen LogP contribution is 2.20. The third-order valence-electron chi connectivity index (χ3n) is 2.57. The van der Waals surface area contributed by atoms with Crippen LogP contribution in [0.3, 0.4) is 0 Å². The molecule has 0 saturated heterocycles. The van der Waals surface area contributed by atoms with E-state index >= 15 is 0 Å². The number of carbonyl (C=O) groups excluding carboxylic acids is 1. The average molecular weight is 326 g/mol. The number of hydrogen-bond acceptors (Lipinski definition) is 4. The van der Waals surface area contributed by atoms with Crippen molar-refractivity contribution in [2.24, 2.45) is 0 Å². The summed E-state index contributed by atoms with van der Waals surface area (Å²) in [5, 5.41) is 18.4. The van der Waals surface area contributed by atoms with Crippen LogP contribution in [0.15, 0.2) is 30.3 Å². The zero-order chi connectivity index (χ0) is 15.4. The molecule has 0 aliphatic rings. The molecule has 0 spiro atoms. The Morgan fingerprint density at radius 3 is 2.62 bits per heavy atom. The van der Waals surface area contributed by atoms with Crippen molar-refractivity contribution in [3.8, 4) is 0 Å². The van der Waals surface area contributed by atoms with E-state index in [0.717, 1.165) is 0 Å². The van der Waals surface area contributed by atoms with Gasteiger partial charge in [-0.1, -0.05) is 41.4 Å². The van der Waals surface area contributed by atoms with E-state index in [-0.39, 0.29) is 22.3 Å². The maximum absolute atomic E-state index is 12.2. The van der Waals surface area contributed by atoms with Crippen molar-refractivity contribution in [2.75, 3.05) is 5.32 Å². The second kappa shape index (κ2) is 6.51.